The Morgan fingerprint density at radius 2 is 1.88 bits per heavy atom. The summed E-state index contributed by atoms with van der Waals surface area (Å²) in [6.07, 6.45) is 0.942. The summed E-state index contributed by atoms with van der Waals surface area (Å²) in [5.74, 6) is 0. The molecule has 96 valence electrons. The lowest BCUT2D eigenvalue weighted by Crippen LogP contribution is -2.48. The number of hydrogen-bond acceptors (Lipinski definition) is 4. The molecule has 1 unspecified atom stereocenters. The van der Waals surface area contributed by atoms with Crippen molar-refractivity contribution in [2.24, 2.45) is 0 Å². The SMILES string of the molecule is CCCN(C)CC(O)CN1CCN(C)CC1. The molecule has 1 atom stereocenters. The largest absolute Gasteiger partial charge is 0.390 e. The van der Waals surface area contributed by atoms with Gasteiger partial charge in [0.05, 0.1) is 6.10 Å². The van der Waals surface area contributed by atoms with Gasteiger partial charge in [-0.3, -0.25) is 4.90 Å². The van der Waals surface area contributed by atoms with Crippen LogP contribution in [0.1, 0.15) is 13.3 Å². The van der Waals surface area contributed by atoms with Crippen molar-refractivity contribution in [1.82, 2.24) is 14.7 Å². The minimum atomic E-state index is -0.208. The molecule has 0 aromatic heterocycles. The van der Waals surface area contributed by atoms with E-state index < -0.39 is 0 Å². The summed E-state index contributed by atoms with van der Waals surface area (Å²) in [7, 11) is 4.24. The summed E-state index contributed by atoms with van der Waals surface area (Å²) in [6, 6.07) is 0. The van der Waals surface area contributed by atoms with Crippen molar-refractivity contribution in [1.29, 1.82) is 0 Å². The second-order valence-electron chi connectivity index (χ2n) is 5.02. The number of hydrogen-bond donors (Lipinski definition) is 1. The van der Waals surface area contributed by atoms with E-state index in [9.17, 15) is 5.11 Å². The smallest absolute Gasteiger partial charge is 0.0793 e. The minimum Gasteiger partial charge on any atom is -0.390 e. The van der Waals surface area contributed by atoms with E-state index in [1.807, 2.05) is 0 Å². The van der Waals surface area contributed by atoms with Gasteiger partial charge in [-0.2, -0.15) is 0 Å². The molecule has 4 heteroatoms. The molecule has 0 bridgehead atoms. The summed E-state index contributed by atoms with van der Waals surface area (Å²) in [5, 5.41) is 9.97. The second kappa shape index (κ2) is 7.22. The molecule has 0 aromatic carbocycles. The van der Waals surface area contributed by atoms with Gasteiger partial charge in [-0.1, -0.05) is 6.92 Å². The molecular formula is C12H27N3O. The molecule has 1 fully saturated rings. The molecule has 0 saturated carbocycles. The van der Waals surface area contributed by atoms with Crippen LogP contribution in [0.5, 0.6) is 0 Å². The van der Waals surface area contributed by atoms with Crippen molar-refractivity contribution in [2.75, 3.05) is 59.9 Å². The minimum absolute atomic E-state index is 0.208. The maximum atomic E-state index is 9.97. The van der Waals surface area contributed by atoms with E-state index in [1.54, 1.807) is 0 Å². The van der Waals surface area contributed by atoms with Gasteiger partial charge in [-0.25, -0.2) is 0 Å². The van der Waals surface area contributed by atoms with Gasteiger partial charge in [0.1, 0.15) is 0 Å². The number of piperazine rings is 1. The number of likely N-dealkylation sites (N-methyl/N-ethyl adjacent to an activating group) is 2. The van der Waals surface area contributed by atoms with Crippen LogP contribution in [0, 0.1) is 0 Å². The monoisotopic (exact) mass is 229 g/mol. The van der Waals surface area contributed by atoms with Crippen molar-refractivity contribution in [3.05, 3.63) is 0 Å². The fourth-order valence-corrected chi connectivity index (χ4v) is 2.22. The molecule has 0 aromatic rings. The number of rotatable bonds is 6. The Bertz CT molecular complexity index is 181. The third kappa shape index (κ3) is 5.25. The van der Waals surface area contributed by atoms with Crippen molar-refractivity contribution in [2.45, 2.75) is 19.4 Å². The zero-order valence-electron chi connectivity index (χ0n) is 11.0. The standard InChI is InChI=1S/C12H27N3O/c1-4-5-14(3)10-12(16)11-15-8-6-13(2)7-9-15/h12,16H,4-11H2,1-3H3. The summed E-state index contributed by atoms with van der Waals surface area (Å²) >= 11 is 0. The van der Waals surface area contributed by atoms with Crippen LogP contribution < -0.4 is 0 Å². The summed E-state index contributed by atoms with van der Waals surface area (Å²) in [6.45, 7) is 9.27. The van der Waals surface area contributed by atoms with Gasteiger partial charge >= 0.3 is 0 Å². The maximum absolute atomic E-state index is 9.97. The molecule has 16 heavy (non-hydrogen) atoms. The van der Waals surface area contributed by atoms with Gasteiger partial charge < -0.3 is 14.9 Å². The molecule has 0 amide bonds. The van der Waals surface area contributed by atoms with Crippen LogP contribution >= 0.6 is 0 Å². The van der Waals surface area contributed by atoms with E-state index >= 15 is 0 Å². The molecule has 1 aliphatic rings. The Balaban J connectivity index is 2.15. The van der Waals surface area contributed by atoms with Crippen LogP contribution in [0.4, 0.5) is 0 Å². The molecule has 4 nitrogen and oxygen atoms in total. The van der Waals surface area contributed by atoms with Crippen molar-refractivity contribution in [3.63, 3.8) is 0 Å². The van der Waals surface area contributed by atoms with Crippen LogP contribution in [-0.2, 0) is 0 Å². The highest BCUT2D eigenvalue weighted by Gasteiger charge is 2.17. The topological polar surface area (TPSA) is 30.0 Å². The Morgan fingerprint density at radius 1 is 1.25 bits per heavy atom. The van der Waals surface area contributed by atoms with E-state index in [4.69, 9.17) is 0 Å². The highest BCUT2D eigenvalue weighted by Crippen LogP contribution is 2.01. The van der Waals surface area contributed by atoms with Gasteiger partial charge in [0.25, 0.3) is 0 Å². The summed E-state index contributed by atoms with van der Waals surface area (Å²) in [5.41, 5.74) is 0. The normalized spacial score (nSPS) is 21.6. The van der Waals surface area contributed by atoms with E-state index in [-0.39, 0.29) is 6.10 Å². The third-order valence-electron chi connectivity index (χ3n) is 3.19. The number of aliphatic hydroxyl groups excluding tert-OH is 1. The predicted octanol–water partition coefficient (Wildman–Crippen LogP) is -0.0635. The Hall–Kier alpha value is -0.160. The average Bonchev–Trinajstić information content (AvgIpc) is 2.21. The number of β-amino-alcohol motifs (C(OH)–C–C–N with tert-alkyl or cyclic N) is 1. The third-order valence-corrected chi connectivity index (χ3v) is 3.19. The van der Waals surface area contributed by atoms with Crippen molar-refractivity contribution < 1.29 is 5.11 Å². The second-order valence-corrected chi connectivity index (χ2v) is 5.02. The van der Waals surface area contributed by atoms with Gasteiger partial charge in [0, 0.05) is 39.3 Å². The lowest BCUT2D eigenvalue weighted by Gasteiger charge is -2.34. The number of aliphatic hydroxyl groups is 1. The average molecular weight is 229 g/mol. The maximum Gasteiger partial charge on any atom is 0.0793 e. The quantitative estimate of drug-likeness (QED) is 0.691. The highest BCUT2D eigenvalue weighted by atomic mass is 16.3. The van der Waals surface area contributed by atoms with Crippen LogP contribution in [0.15, 0.2) is 0 Å². The van der Waals surface area contributed by atoms with E-state index in [0.29, 0.717) is 0 Å². The summed E-state index contributed by atoms with van der Waals surface area (Å²) in [4.78, 5) is 6.91. The van der Waals surface area contributed by atoms with Crippen LogP contribution in [-0.4, -0.2) is 85.8 Å². The van der Waals surface area contributed by atoms with Gasteiger partial charge in [0.2, 0.25) is 0 Å². The first-order valence-electron chi connectivity index (χ1n) is 6.39. The van der Waals surface area contributed by atoms with Crippen LogP contribution in [0.3, 0.4) is 0 Å². The Labute approximate surface area is 99.8 Å². The van der Waals surface area contributed by atoms with E-state index in [1.165, 1.54) is 0 Å². The molecule has 0 aliphatic carbocycles. The van der Waals surface area contributed by atoms with Gasteiger partial charge in [-0.05, 0) is 27.1 Å². The molecule has 0 radical (unpaired) electrons. The first-order valence-corrected chi connectivity index (χ1v) is 6.39. The predicted molar refractivity (Wildman–Crippen MR) is 67.7 cm³/mol. The first kappa shape index (κ1) is 13.9. The number of nitrogens with zero attached hydrogens (tertiary/aromatic N) is 3. The van der Waals surface area contributed by atoms with Gasteiger partial charge in [-0.15, -0.1) is 0 Å². The van der Waals surface area contributed by atoms with Crippen molar-refractivity contribution >= 4 is 0 Å². The van der Waals surface area contributed by atoms with Crippen LogP contribution in [0.2, 0.25) is 0 Å². The molecule has 1 rings (SSSR count). The Morgan fingerprint density at radius 3 is 2.44 bits per heavy atom. The van der Waals surface area contributed by atoms with Crippen LogP contribution in [0.25, 0.3) is 0 Å². The molecule has 1 N–H and O–H groups in total. The zero-order valence-corrected chi connectivity index (χ0v) is 11.0. The van der Waals surface area contributed by atoms with E-state index in [2.05, 4.69) is 35.7 Å². The molecule has 1 heterocycles. The molecule has 1 saturated heterocycles. The zero-order chi connectivity index (χ0) is 12.0. The fourth-order valence-electron chi connectivity index (χ4n) is 2.22. The van der Waals surface area contributed by atoms with Gasteiger partial charge in [0.15, 0.2) is 0 Å². The highest BCUT2D eigenvalue weighted by molar-refractivity contribution is 4.73. The molecule has 0 spiro atoms. The Kier molecular flexibility index (Phi) is 6.28. The fraction of sp³-hybridized carbons (Fsp3) is 1.00. The first-order chi connectivity index (χ1) is 7.61. The molecule has 1 aliphatic heterocycles. The van der Waals surface area contributed by atoms with E-state index in [0.717, 1.165) is 52.2 Å². The molecular weight excluding hydrogens is 202 g/mol. The van der Waals surface area contributed by atoms with Crippen molar-refractivity contribution in [3.8, 4) is 0 Å². The lowest BCUT2D eigenvalue weighted by atomic mass is 10.2. The summed E-state index contributed by atoms with van der Waals surface area (Å²) < 4.78 is 0. The lowest BCUT2D eigenvalue weighted by molar-refractivity contribution is 0.0608.